The van der Waals surface area contributed by atoms with Crippen molar-refractivity contribution in [1.29, 1.82) is 0 Å². The van der Waals surface area contributed by atoms with Crippen molar-refractivity contribution in [1.82, 2.24) is 14.9 Å². The third-order valence-electron chi connectivity index (χ3n) is 3.15. The molecular weight excluding hydrogens is 234 g/mol. The van der Waals surface area contributed by atoms with Crippen LogP contribution in [-0.4, -0.2) is 44.9 Å². The van der Waals surface area contributed by atoms with Gasteiger partial charge < -0.3 is 10.0 Å². The Morgan fingerprint density at radius 3 is 2.72 bits per heavy atom. The predicted molar refractivity (Wildman–Crippen MR) is 63.1 cm³/mol. The number of nitrogens with zero attached hydrogens (tertiary/aromatic N) is 3. The molecule has 0 radical (unpaired) electrons. The highest BCUT2D eigenvalue weighted by atomic mass is 16.4. The summed E-state index contributed by atoms with van der Waals surface area (Å²) in [5.41, 5.74) is 0.728. The summed E-state index contributed by atoms with van der Waals surface area (Å²) in [6, 6.07) is 0. The number of hydrogen-bond donors (Lipinski definition) is 1. The zero-order valence-corrected chi connectivity index (χ0v) is 10.2. The number of aromatic nitrogens is 2. The maximum atomic E-state index is 11.2. The van der Waals surface area contributed by atoms with E-state index in [4.69, 9.17) is 5.11 Å². The average molecular weight is 249 g/mol. The Morgan fingerprint density at radius 2 is 2.22 bits per heavy atom. The van der Waals surface area contributed by atoms with Gasteiger partial charge in [-0.3, -0.25) is 9.78 Å². The lowest BCUT2D eigenvalue weighted by molar-refractivity contribution is -0.127. The monoisotopic (exact) mass is 249 g/mol. The van der Waals surface area contributed by atoms with Gasteiger partial charge in [-0.05, 0) is 18.8 Å². The molecule has 6 nitrogen and oxygen atoms in total. The van der Waals surface area contributed by atoms with Gasteiger partial charge in [0.15, 0.2) is 5.69 Å². The summed E-state index contributed by atoms with van der Waals surface area (Å²) < 4.78 is 0. The Balaban J connectivity index is 1.94. The molecule has 1 aromatic heterocycles. The number of rotatable bonds is 3. The first-order chi connectivity index (χ1) is 8.56. The molecule has 0 bridgehead atoms. The first-order valence-electron chi connectivity index (χ1n) is 5.86. The van der Waals surface area contributed by atoms with E-state index in [1.807, 2.05) is 4.90 Å². The van der Waals surface area contributed by atoms with Gasteiger partial charge in [-0.1, -0.05) is 0 Å². The molecule has 1 fully saturated rings. The number of carboxylic acids is 1. The minimum Gasteiger partial charge on any atom is -0.476 e. The van der Waals surface area contributed by atoms with E-state index in [0.29, 0.717) is 5.92 Å². The minimum absolute atomic E-state index is 0.0458. The largest absolute Gasteiger partial charge is 0.476 e. The van der Waals surface area contributed by atoms with Crippen LogP contribution in [0.5, 0.6) is 0 Å². The number of hydrogen-bond acceptors (Lipinski definition) is 4. The molecule has 2 heterocycles. The second-order valence-corrected chi connectivity index (χ2v) is 4.52. The van der Waals surface area contributed by atoms with Gasteiger partial charge in [0.2, 0.25) is 5.91 Å². The van der Waals surface area contributed by atoms with Crippen LogP contribution >= 0.6 is 0 Å². The molecule has 0 saturated carbocycles. The summed E-state index contributed by atoms with van der Waals surface area (Å²) in [5.74, 6) is -0.582. The number of carbonyl (C=O) groups excluding carboxylic acids is 1. The molecule has 0 spiro atoms. The van der Waals surface area contributed by atoms with Gasteiger partial charge in [0.25, 0.3) is 0 Å². The lowest BCUT2D eigenvalue weighted by atomic mass is 10.0. The summed E-state index contributed by atoms with van der Waals surface area (Å²) >= 11 is 0. The number of carbonyl (C=O) groups is 2. The van der Waals surface area contributed by atoms with E-state index in [1.165, 1.54) is 12.4 Å². The predicted octanol–water partition coefficient (Wildman–Crippen LogP) is 0.586. The van der Waals surface area contributed by atoms with Gasteiger partial charge in [0.1, 0.15) is 0 Å². The van der Waals surface area contributed by atoms with Crippen LogP contribution in [0.4, 0.5) is 0 Å². The summed E-state index contributed by atoms with van der Waals surface area (Å²) in [6.45, 7) is 3.11. The first kappa shape index (κ1) is 12.5. The lowest BCUT2D eigenvalue weighted by Gasteiger charge is -2.13. The van der Waals surface area contributed by atoms with E-state index < -0.39 is 5.97 Å². The van der Waals surface area contributed by atoms with E-state index in [2.05, 4.69) is 9.97 Å². The minimum atomic E-state index is -1.07. The molecule has 1 aliphatic heterocycles. The Morgan fingerprint density at radius 1 is 1.44 bits per heavy atom. The van der Waals surface area contributed by atoms with Crippen LogP contribution < -0.4 is 0 Å². The van der Waals surface area contributed by atoms with E-state index in [-0.39, 0.29) is 11.6 Å². The molecule has 6 heteroatoms. The van der Waals surface area contributed by atoms with Gasteiger partial charge in [0, 0.05) is 26.2 Å². The molecule has 1 atom stereocenters. The average Bonchev–Trinajstić information content (AvgIpc) is 2.78. The molecule has 0 aromatic carbocycles. The summed E-state index contributed by atoms with van der Waals surface area (Å²) in [4.78, 5) is 31.6. The smallest absolute Gasteiger partial charge is 0.356 e. The molecule has 1 amide bonds. The van der Waals surface area contributed by atoms with Crippen LogP contribution in [0.3, 0.4) is 0 Å². The Hall–Kier alpha value is -1.98. The number of aromatic carboxylic acids is 1. The molecule has 1 aliphatic rings. The fourth-order valence-corrected chi connectivity index (χ4v) is 2.15. The van der Waals surface area contributed by atoms with Crippen LogP contribution in [0.15, 0.2) is 12.4 Å². The molecule has 1 saturated heterocycles. The molecule has 2 rings (SSSR count). The van der Waals surface area contributed by atoms with Gasteiger partial charge in [-0.2, -0.15) is 0 Å². The third-order valence-corrected chi connectivity index (χ3v) is 3.15. The molecule has 0 aliphatic carbocycles. The Labute approximate surface area is 105 Å². The third kappa shape index (κ3) is 2.82. The lowest BCUT2D eigenvalue weighted by Crippen LogP contribution is -2.26. The van der Waals surface area contributed by atoms with Crippen molar-refractivity contribution in [2.45, 2.75) is 19.8 Å². The summed E-state index contributed by atoms with van der Waals surface area (Å²) in [5, 5.41) is 8.71. The van der Waals surface area contributed by atoms with E-state index >= 15 is 0 Å². The van der Waals surface area contributed by atoms with Crippen LogP contribution in [0.25, 0.3) is 0 Å². The van der Waals surface area contributed by atoms with Crippen LogP contribution in [-0.2, 0) is 11.2 Å². The quantitative estimate of drug-likeness (QED) is 0.847. The van der Waals surface area contributed by atoms with Crippen molar-refractivity contribution in [3.63, 3.8) is 0 Å². The van der Waals surface area contributed by atoms with Crippen molar-refractivity contribution in [2.75, 3.05) is 13.1 Å². The first-order valence-corrected chi connectivity index (χ1v) is 5.86. The molecule has 1 N–H and O–H groups in total. The second-order valence-electron chi connectivity index (χ2n) is 4.52. The molecule has 1 aromatic rings. The standard InChI is InChI=1S/C12H15N3O3/c1-8(16)15-3-2-9(7-15)4-10-5-14-11(6-13-10)12(17)18/h5-6,9H,2-4,7H2,1H3,(H,17,18)/t9-/m1/s1. The van der Waals surface area contributed by atoms with E-state index in [1.54, 1.807) is 6.92 Å². The second kappa shape index (κ2) is 5.12. The SMILES string of the molecule is CC(=O)N1CC[C@H](Cc2cnc(C(=O)O)cn2)C1. The Bertz CT molecular complexity index is 458. The highest BCUT2D eigenvalue weighted by Gasteiger charge is 2.24. The zero-order chi connectivity index (χ0) is 13.1. The van der Waals surface area contributed by atoms with Crippen LogP contribution in [0.1, 0.15) is 29.5 Å². The van der Waals surface area contributed by atoms with Gasteiger partial charge in [-0.25, -0.2) is 9.78 Å². The zero-order valence-electron chi connectivity index (χ0n) is 10.2. The topological polar surface area (TPSA) is 83.4 Å². The number of carboxylic acid groups (broad SMARTS) is 1. The van der Waals surface area contributed by atoms with Crippen molar-refractivity contribution in [2.24, 2.45) is 5.92 Å². The van der Waals surface area contributed by atoms with Gasteiger partial charge >= 0.3 is 5.97 Å². The Kier molecular flexibility index (Phi) is 3.55. The van der Waals surface area contributed by atoms with Crippen LogP contribution in [0.2, 0.25) is 0 Å². The molecule has 0 unspecified atom stereocenters. The van der Waals surface area contributed by atoms with Crippen molar-refractivity contribution in [3.8, 4) is 0 Å². The number of amides is 1. The fourth-order valence-electron chi connectivity index (χ4n) is 2.15. The van der Waals surface area contributed by atoms with Crippen molar-refractivity contribution < 1.29 is 14.7 Å². The van der Waals surface area contributed by atoms with Gasteiger partial charge in [0.05, 0.1) is 11.9 Å². The maximum absolute atomic E-state index is 11.2. The van der Waals surface area contributed by atoms with Crippen LogP contribution in [0, 0.1) is 5.92 Å². The van der Waals surface area contributed by atoms with Crippen molar-refractivity contribution >= 4 is 11.9 Å². The number of likely N-dealkylation sites (tertiary alicyclic amines) is 1. The molecule has 18 heavy (non-hydrogen) atoms. The highest BCUT2D eigenvalue weighted by Crippen LogP contribution is 2.19. The maximum Gasteiger partial charge on any atom is 0.356 e. The fraction of sp³-hybridized carbons (Fsp3) is 0.500. The molecule has 96 valence electrons. The van der Waals surface area contributed by atoms with Gasteiger partial charge in [-0.15, -0.1) is 0 Å². The van der Waals surface area contributed by atoms with E-state index in [9.17, 15) is 9.59 Å². The molecular formula is C12H15N3O3. The highest BCUT2D eigenvalue weighted by molar-refractivity contribution is 5.84. The normalized spacial score (nSPS) is 18.9. The van der Waals surface area contributed by atoms with Crippen molar-refractivity contribution in [3.05, 3.63) is 23.8 Å². The summed E-state index contributed by atoms with van der Waals surface area (Å²) in [7, 11) is 0. The summed E-state index contributed by atoms with van der Waals surface area (Å²) in [6.07, 6.45) is 4.47. The van der Waals surface area contributed by atoms with E-state index in [0.717, 1.165) is 31.6 Å².